The molecule has 0 saturated heterocycles. The first-order valence-corrected chi connectivity index (χ1v) is 12.4. The molecule has 0 fully saturated rings. The molecule has 0 aliphatic rings. The highest BCUT2D eigenvalue weighted by Gasteiger charge is 2.18. The normalized spacial score (nSPS) is 11.7. The van der Waals surface area contributed by atoms with E-state index in [9.17, 15) is 4.79 Å². The summed E-state index contributed by atoms with van der Waals surface area (Å²) in [5.41, 5.74) is 1.73. The molecule has 1 amide bonds. The second-order valence-corrected chi connectivity index (χ2v) is 9.10. The van der Waals surface area contributed by atoms with Gasteiger partial charge in [-0.3, -0.25) is 9.36 Å². The van der Waals surface area contributed by atoms with Crippen LogP contribution in [0.3, 0.4) is 0 Å². The predicted molar refractivity (Wildman–Crippen MR) is 137 cm³/mol. The first-order chi connectivity index (χ1) is 16.5. The van der Waals surface area contributed by atoms with Crippen LogP contribution in [0.4, 0.5) is 0 Å². The van der Waals surface area contributed by atoms with Crippen molar-refractivity contribution in [1.29, 1.82) is 0 Å². The van der Waals surface area contributed by atoms with Gasteiger partial charge in [0.05, 0.1) is 5.75 Å². The summed E-state index contributed by atoms with van der Waals surface area (Å²) in [4.78, 5) is 12.3. The van der Waals surface area contributed by atoms with Crippen molar-refractivity contribution in [3.05, 3.63) is 83.9 Å². The van der Waals surface area contributed by atoms with Gasteiger partial charge in [0.15, 0.2) is 11.0 Å². The van der Waals surface area contributed by atoms with Crippen molar-refractivity contribution in [1.82, 2.24) is 20.1 Å². The molecular weight excluding hydrogens is 468 g/mol. The lowest BCUT2D eigenvalue weighted by molar-refractivity contribution is -0.119. The third kappa shape index (κ3) is 5.98. The molecule has 34 heavy (non-hydrogen) atoms. The molecule has 4 rings (SSSR count). The Balaban J connectivity index is 1.62. The summed E-state index contributed by atoms with van der Waals surface area (Å²) in [6.45, 7) is 4.03. The number of thioether (sulfide) groups is 1. The largest absolute Gasteiger partial charge is 0.457 e. The first-order valence-electron chi connectivity index (χ1n) is 11.0. The lowest BCUT2D eigenvalue weighted by Gasteiger charge is -2.13. The smallest absolute Gasteiger partial charge is 0.230 e. The fraction of sp³-hybridized carbons (Fsp3) is 0.192. The van der Waals surface area contributed by atoms with Crippen LogP contribution in [0.5, 0.6) is 11.5 Å². The van der Waals surface area contributed by atoms with Crippen LogP contribution in [0.1, 0.15) is 20.3 Å². The molecule has 0 aliphatic carbocycles. The van der Waals surface area contributed by atoms with Crippen LogP contribution in [0, 0.1) is 0 Å². The van der Waals surface area contributed by atoms with Gasteiger partial charge in [-0.1, -0.05) is 48.5 Å². The average molecular weight is 493 g/mol. The number of nitrogens with zero attached hydrogens (tertiary/aromatic N) is 3. The molecule has 6 nitrogen and oxygen atoms in total. The van der Waals surface area contributed by atoms with E-state index in [0.29, 0.717) is 16.0 Å². The molecule has 1 aromatic heterocycles. The Labute approximate surface area is 208 Å². The SMILES string of the molecule is CC[C@@H](C)NC(=O)CSc1nnc(-c2ccc(Cl)cc2)n1-c1ccc(Oc2ccccc2)cc1. The van der Waals surface area contributed by atoms with Gasteiger partial charge in [-0.2, -0.15) is 0 Å². The highest BCUT2D eigenvalue weighted by atomic mass is 35.5. The summed E-state index contributed by atoms with van der Waals surface area (Å²) in [6.07, 6.45) is 0.880. The number of carbonyl (C=O) groups excluding carboxylic acids is 1. The molecule has 8 heteroatoms. The maximum absolute atomic E-state index is 12.3. The van der Waals surface area contributed by atoms with E-state index in [1.54, 1.807) is 0 Å². The number of para-hydroxylation sites is 1. The topological polar surface area (TPSA) is 69.0 Å². The fourth-order valence-electron chi connectivity index (χ4n) is 3.22. The molecule has 0 radical (unpaired) electrons. The number of carbonyl (C=O) groups is 1. The molecule has 0 aliphatic heterocycles. The first kappa shape index (κ1) is 23.9. The van der Waals surface area contributed by atoms with Crippen LogP contribution >= 0.6 is 23.4 Å². The summed E-state index contributed by atoms with van der Waals surface area (Å²) in [7, 11) is 0. The van der Waals surface area contributed by atoms with Crippen molar-refractivity contribution in [2.75, 3.05) is 5.75 Å². The lowest BCUT2D eigenvalue weighted by atomic mass is 10.2. The number of nitrogens with one attached hydrogen (secondary N) is 1. The summed E-state index contributed by atoms with van der Waals surface area (Å²) < 4.78 is 7.86. The zero-order valence-electron chi connectivity index (χ0n) is 18.9. The summed E-state index contributed by atoms with van der Waals surface area (Å²) in [6, 6.07) is 24.9. The Bertz CT molecular complexity index is 1230. The number of rotatable bonds is 9. The van der Waals surface area contributed by atoms with Gasteiger partial charge >= 0.3 is 0 Å². The molecule has 1 N–H and O–H groups in total. The number of benzene rings is 3. The third-order valence-electron chi connectivity index (χ3n) is 5.16. The standard InChI is InChI=1S/C26H25ClN4O2S/c1-3-18(2)28-24(32)17-34-26-30-29-25(19-9-11-20(27)12-10-19)31(26)21-13-15-23(16-14-21)33-22-7-5-4-6-8-22/h4-16,18H,3,17H2,1-2H3,(H,28,32)/t18-/m1/s1. The van der Waals surface area contributed by atoms with Crippen molar-refractivity contribution < 1.29 is 9.53 Å². The molecule has 174 valence electrons. The average Bonchev–Trinajstić information content (AvgIpc) is 3.28. The van der Waals surface area contributed by atoms with Gasteiger partial charge in [0.2, 0.25) is 5.91 Å². The molecule has 4 aromatic rings. The van der Waals surface area contributed by atoms with Crippen LogP contribution in [0.15, 0.2) is 84.0 Å². The highest BCUT2D eigenvalue weighted by molar-refractivity contribution is 7.99. The van der Waals surface area contributed by atoms with E-state index in [2.05, 4.69) is 15.5 Å². The maximum Gasteiger partial charge on any atom is 0.230 e. The molecule has 3 aromatic carbocycles. The molecule has 1 atom stereocenters. The molecule has 0 bridgehead atoms. The number of amides is 1. The summed E-state index contributed by atoms with van der Waals surface area (Å²) in [5, 5.41) is 13.1. The van der Waals surface area contributed by atoms with Crippen LogP contribution in [0.2, 0.25) is 5.02 Å². The van der Waals surface area contributed by atoms with Gasteiger partial charge in [-0.25, -0.2) is 0 Å². The number of hydrogen-bond acceptors (Lipinski definition) is 5. The van der Waals surface area contributed by atoms with E-state index < -0.39 is 0 Å². The Morgan fingerprint density at radius 3 is 2.35 bits per heavy atom. The van der Waals surface area contributed by atoms with E-state index in [-0.39, 0.29) is 17.7 Å². The second kappa shape index (κ2) is 11.2. The van der Waals surface area contributed by atoms with E-state index >= 15 is 0 Å². The van der Waals surface area contributed by atoms with E-state index in [1.807, 2.05) is 97.3 Å². The van der Waals surface area contributed by atoms with Gasteiger partial charge in [0.1, 0.15) is 11.5 Å². The molecule has 0 unspecified atom stereocenters. The minimum absolute atomic E-state index is 0.0337. The number of ether oxygens (including phenoxy) is 1. The van der Waals surface area contributed by atoms with Gasteiger partial charge in [-0.05, 0) is 74.0 Å². The zero-order valence-corrected chi connectivity index (χ0v) is 20.5. The third-order valence-corrected chi connectivity index (χ3v) is 6.34. The van der Waals surface area contributed by atoms with Crippen molar-refractivity contribution in [2.45, 2.75) is 31.5 Å². The van der Waals surface area contributed by atoms with Crippen molar-refractivity contribution in [2.24, 2.45) is 0 Å². The van der Waals surface area contributed by atoms with Gasteiger partial charge < -0.3 is 10.1 Å². The minimum atomic E-state index is -0.0337. The van der Waals surface area contributed by atoms with E-state index in [4.69, 9.17) is 16.3 Å². The Morgan fingerprint density at radius 1 is 1.00 bits per heavy atom. The number of aromatic nitrogens is 3. The van der Waals surface area contributed by atoms with Crippen LogP contribution in [-0.2, 0) is 4.79 Å². The Morgan fingerprint density at radius 2 is 1.68 bits per heavy atom. The molecule has 0 saturated carbocycles. The molecule has 1 heterocycles. The summed E-state index contributed by atoms with van der Waals surface area (Å²) in [5.74, 6) is 2.37. The van der Waals surface area contributed by atoms with Crippen LogP contribution in [0.25, 0.3) is 17.1 Å². The van der Waals surface area contributed by atoms with E-state index in [0.717, 1.165) is 29.2 Å². The zero-order chi connectivity index (χ0) is 23.9. The number of hydrogen-bond donors (Lipinski definition) is 1. The quantitative estimate of drug-likeness (QED) is 0.274. The van der Waals surface area contributed by atoms with Gasteiger partial charge in [-0.15, -0.1) is 10.2 Å². The van der Waals surface area contributed by atoms with Crippen molar-refractivity contribution >= 4 is 29.3 Å². The predicted octanol–water partition coefficient (Wildman–Crippen LogP) is 6.39. The maximum atomic E-state index is 12.3. The van der Waals surface area contributed by atoms with Crippen molar-refractivity contribution in [3.8, 4) is 28.6 Å². The van der Waals surface area contributed by atoms with Crippen LogP contribution in [-0.4, -0.2) is 32.5 Å². The fourth-order valence-corrected chi connectivity index (χ4v) is 4.11. The Hall–Kier alpha value is -3.29. The number of halogens is 1. The lowest BCUT2D eigenvalue weighted by Crippen LogP contribution is -2.33. The van der Waals surface area contributed by atoms with E-state index in [1.165, 1.54) is 11.8 Å². The Kier molecular flexibility index (Phi) is 7.87. The van der Waals surface area contributed by atoms with Crippen LogP contribution < -0.4 is 10.1 Å². The molecular formula is C26H25ClN4O2S. The monoisotopic (exact) mass is 492 g/mol. The molecule has 0 spiro atoms. The summed E-state index contributed by atoms with van der Waals surface area (Å²) >= 11 is 7.43. The highest BCUT2D eigenvalue weighted by Crippen LogP contribution is 2.30. The minimum Gasteiger partial charge on any atom is -0.457 e. The van der Waals surface area contributed by atoms with Gasteiger partial charge in [0.25, 0.3) is 0 Å². The van der Waals surface area contributed by atoms with Crippen molar-refractivity contribution in [3.63, 3.8) is 0 Å². The second-order valence-electron chi connectivity index (χ2n) is 7.72. The van der Waals surface area contributed by atoms with Gasteiger partial charge in [0, 0.05) is 22.3 Å².